The number of carbonyl (C=O) groups is 2. The first kappa shape index (κ1) is 22.9. The highest BCUT2D eigenvalue weighted by atomic mass is 16.5. The second kappa shape index (κ2) is 10.9. The third-order valence-electron chi connectivity index (χ3n) is 4.60. The fourth-order valence-electron chi connectivity index (χ4n) is 2.98. The van der Waals surface area contributed by atoms with E-state index in [9.17, 15) is 9.59 Å². The molecule has 0 aliphatic rings. The van der Waals surface area contributed by atoms with Gasteiger partial charge in [-0.15, -0.1) is 0 Å². The van der Waals surface area contributed by atoms with Crippen molar-refractivity contribution in [3.8, 4) is 23.0 Å². The van der Waals surface area contributed by atoms with Crippen molar-refractivity contribution in [1.82, 2.24) is 10.6 Å². The molecule has 2 aromatic carbocycles. The topological polar surface area (TPSA) is 95.1 Å². The van der Waals surface area contributed by atoms with E-state index in [1.807, 2.05) is 31.2 Å². The molecule has 0 aromatic heterocycles. The second-order valence-corrected chi connectivity index (χ2v) is 6.40. The van der Waals surface area contributed by atoms with Crippen LogP contribution in [0.25, 0.3) is 0 Å². The van der Waals surface area contributed by atoms with Crippen molar-refractivity contribution in [3.63, 3.8) is 0 Å². The molecule has 0 saturated carbocycles. The van der Waals surface area contributed by atoms with Crippen LogP contribution in [0.5, 0.6) is 23.0 Å². The normalized spacial score (nSPS) is 11.2. The molecule has 2 aromatic rings. The van der Waals surface area contributed by atoms with Crippen LogP contribution in [0.2, 0.25) is 0 Å². The number of carbonyl (C=O) groups excluding carboxylic acids is 2. The van der Waals surface area contributed by atoms with E-state index in [1.54, 1.807) is 7.11 Å². The van der Waals surface area contributed by atoms with Crippen LogP contribution in [0.1, 0.15) is 35.3 Å². The summed E-state index contributed by atoms with van der Waals surface area (Å²) in [5.41, 5.74) is 1.25. The highest BCUT2D eigenvalue weighted by Crippen LogP contribution is 2.38. The zero-order chi connectivity index (χ0) is 22.1. The largest absolute Gasteiger partial charge is 0.497 e. The van der Waals surface area contributed by atoms with E-state index < -0.39 is 5.91 Å². The van der Waals surface area contributed by atoms with Crippen molar-refractivity contribution in [2.24, 2.45) is 0 Å². The van der Waals surface area contributed by atoms with Gasteiger partial charge >= 0.3 is 0 Å². The van der Waals surface area contributed by atoms with Crippen molar-refractivity contribution < 1.29 is 28.5 Å². The molecule has 0 bridgehead atoms. The first-order chi connectivity index (χ1) is 14.5. The Morgan fingerprint density at radius 2 is 1.50 bits per heavy atom. The summed E-state index contributed by atoms with van der Waals surface area (Å²) < 4.78 is 20.9. The Bertz CT molecular complexity index is 841. The number of hydrogen-bond acceptors (Lipinski definition) is 6. The number of hydrogen-bond donors (Lipinski definition) is 2. The predicted molar refractivity (Wildman–Crippen MR) is 113 cm³/mol. The van der Waals surface area contributed by atoms with Crippen LogP contribution >= 0.6 is 0 Å². The van der Waals surface area contributed by atoms with E-state index in [-0.39, 0.29) is 18.5 Å². The minimum absolute atomic E-state index is 0.165. The maximum absolute atomic E-state index is 12.5. The Hall–Kier alpha value is -3.42. The maximum atomic E-state index is 12.5. The quantitative estimate of drug-likeness (QED) is 0.618. The van der Waals surface area contributed by atoms with Crippen molar-refractivity contribution in [2.75, 3.05) is 35.0 Å². The van der Waals surface area contributed by atoms with Gasteiger partial charge in [-0.25, -0.2) is 0 Å². The van der Waals surface area contributed by atoms with E-state index in [4.69, 9.17) is 18.9 Å². The lowest BCUT2D eigenvalue weighted by atomic mass is 10.0. The lowest BCUT2D eigenvalue weighted by molar-refractivity contribution is -0.120. The van der Waals surface area contributed by atoms with Crippen LogP contribution in [0.3, 0.4) is 0 Å². The minimum Gasteiger partial charge on any atom is -0.497 e. The lowest BCUT2D eigenvalue weighted by Gasteiger charge is -2.18. The number of benzene rings is 2. The van der Waals surface area contributed by atoms with Gasteiger partial charge in [0.2, 0.25) is 11.7 Å². The number of ether oxygens (including phenoxy) is 4. The van der Waals surface area contributed by atoms with Crippen LogP contribution in [-0.2, 0) is 4.79 Å². The van der Waals surface area contributed by atoms with Crippen LogP contribution < -0.4 is 29.6 Å². The minimum atomic E-state index is -0.429. The number of methoxy groups -OCH3 is 4. The molecule has 2 amide bonds. The molecule has 8 heteroatoms. The van der Waals surface area contributed by atoms with E-state index in [1.165, 1.54) is 33.5 Å². The van der Waals surface area contributed by atoms with Crippen LogP contribution in [0.4, 0.5) is 0 Å². The molecule has 0 fully saturated rings. The SMILES string of the molecule is CCC(NC(=O)CNC(=O)c1cc(OC)c(OC)c(OC)c1)c1ccc(OC)cc1. The number of amides is 2. The molecular weight excluding hydrogens is 388 g/mol. The molecule has 0 heterocycles. The van der Waals surface area contributed by atoms with E-state index >= 15 is 0 Å². The van der Waals surface area contributed by atoms with Gasteiger partial charge in [0.15, 0.2) is 11.5 Å². The van der Waals surface area contributed by atoms with Gasteiger partial charge in [-0.3, -0.25) is 9.59 Å². The van der Waals surface area contributed by atoms with E-state index in [0.717, 1.165) is 11.3 Å². The number of rotatable bonds is 10. The average molecular weight is 416 g/mol. The van der Waals surface area contributed by atoms with Crippen molar-refractivity contribution in [3.05, 3.63) is 47.5 Å². The van der Waals surface area contributed by atoms with Crippen molar-refractivity contribution in [2.45, 2.75) is 19.4 Å². The summed E-state index contributed by atoms with van der Waals surface area (Å²) in [6, 6.07) is 10.4. The molecule has 2 rings (SSSR count). The second-order valence-electron chi connectivity index (χ2n) is 6.40. The van der Waals surface area contributed by atoms with Crippen LogP contribution in [0.15, 0.2) is 36.4 Å². The summed E-state index contributed by atoms with van der Waals surface area (Å²) >= 11 is 0. The summed E-state index contributed by atoms with van der Waals surface area (Å²) in [7, 11) is 6.02. The molecule has 0 aliphatic heterocycles. The Kier molecular flexibility index (Phi) is 8.34. The van der Waals surface area contributed by atoms with Gasteiger partial charge in [0.1, 0.15) is 5.75 Å². The van der Waals surface area contributed by atoms with Crippen LogP contribution in [0, 0.1) is 0 Å². The van der Waals surface area contributed by atoms with Gasteiger partial charge in [0.05, 0.1) is 41.0 Å². The predicted octanol–water partition coefficient (Wildman–Crippen LogP) is 2.72. The van der Waals surface area contributed by atoms with Gasteiger partial charge in [-0.2, -0.15) is 0 Å². The number of nitrogens with one attached hydrogen (secondary N) is 2. The fraction of sp³-hybridized carbons (Fsp3) is 0.364. The van der Waals surface area contributed by atoms with Gasteiger partial charge in [0.25, 0.3) is 5.91 Å². The summed E-state index contributed by atoms with van der Waals surface area (Å²) in [5.74, 6) is 1.13. The summed E-state index contributed by atoms with van der Waals surface area (Å²) in [6.07, 6.45) is 0.707. The third-order valence-corrected chi connectivity index (χ3v) is 4.60. The first-order valence-corrected chi connectivity index (χ1v) is 9.48. The molecule has 30 heavy (non-hydrogen) atoms. The standard InChI is InChI=1S/C22H28N2O6/c1-6-17(14-7-9-16(27-2)10-8-14)24-20(25)13-23-22(26)15-11-18(28-3)21(30-5)19(12-15)29-4/h7-12,17H,6,13H2,1-5H3,(H,23,26)(H,24,25). The molecule has 0 radical (unpaired) electrons. The van der Waals surface area contributed by atoms with Gasteiger partial charge in [-0.05, 0) is 36.2 Å². The summed E-state index contributed by atoms with van der Waals surface area (Å²) in [4.78, 5) is 24.9. The fourth-order valence-corrected chi connectivity index (χ4v) is 2.98. The molecule has 8 nitrogen and oxygen atoms in total. The molecule has 0 aliphatic carbocycles. The molecular formula is C22H28N2O6. The Morgan fingerprint density at radius 3 is 1.97 bits per heavy atom. The molecule has 2 N–H and O–H groups in total. The molecule has 162 valence electrons. The third kappa shape index (κ3) is 5.56. The molecule has 1 atom stereocenters. The Morgan fingerprint density at radius 1 is 0.900 bits per heavy atom. The summed E-state index contributed by atoms with van der Waals surface area (Å²) in [5, 5.41) is 5.54. The van der Waals surface area contributed by atoms with Gasteiger partial charge < -0.3 is 29.6 Å². The monoisotopic (exact) mass is 416 g/mol. The van der Waals surface area contributed by atoms with E-state index in [0.29, 0.717) is 29.2 Å². The van der Waals surface area contributed by atoms with Crippen molar-refractivity contribution >= 4 is 11.8 Å². The van der Waals surface area contributed by atoms with Gasteiger partial charge in [-0.1, -0.05) is 19.1 Å². The zero-order valence-electron chi connectivity index (χ0n) is 17.9. The Balaban J connectivity index is 2.01. The van der Waals surface area contributed by atoms with E-state index in [2.05, 4.69) is 10.6 Å². The summed E-state index contributed by atoms with van der Waals surface area (Å²) in [6.45, 7) is 1.81. The smallest absolute Gasteiger partial charge is 0.251 e. The van der Waals surface area contributed by atoms with Crippen molar-refractivity contribution in [1.29, 1.82) is 0 Å². The molecule has 1 unspecified atom stereocenters. The Labute approximate surface area is 176 Å². The van der Waals surface area contributed by atoms with Gasteiger partial charge in [0, 0.05) is 5.56 Å². The first-order valence-electron chi connectivity index (χ1n) is 9.48. The molecule has 0 spiro atoms. The zero-order valence-corrected chi connectivity index (χ0v) is 17.9. The lowest BCUT2D eigenvalue weighted by Crippen LogP contribution is -2.38. The maximum Gasteiger partial charge on any atom is 0.251 e. The highest BCUT2D eigenvalue weighted by Gasteiger charge is 2.18. The molecule has 0 saturated heterocycles. The highest BCUT2D eigenvalue weighted by molar-refractivity contribution is 5.97. The van der Waals surface area contributed by atoms with Crippen LogP contribution in [-0.4, -0.2) is 46.8 Å². The average Bonchev–Trinajstić information content (AvgIpc) is 2.79.